The Morgan fingerprint density at radius 1 is 1.10 bits per heavy atom. The third-order valence-electron chi connectivity index (χ3n) is 4.58. The summed E-state index contributed by atoms with van der Waals surface area (Å²) in [6.45, 7) is 4.09. The first kappa shape index (κ1) is 21.8. The van der Waals surface area contributed by atoms with Gasteiger partial charge in [0, 0.05) is 12.1 Å². The molecule has 7 heteroatoms. The summed E-state index contributed by atoms with van der Waals surface area (Å²) in [5.74, 6) is 0.0160. The second-order valence-corrected chi connectivity index (χ2v) is 6.23. The van der Waals surface area contributed by atoms with Gasteiger partial charge in [-0.25, -0.2) is 4.79 Å². The minimum absolute atomic E-state index is 0.165. The number of nitriles is 1. The second-order valence-electron chi connectivity index (χ2n) is 6.23. The molecule has 0 heterocycles. The summed E-state index contributed by atoms with van der Waals surface area (Å²) in [6, 6.07) is 13.9. The van der Waals surface area contributed by atoms with Crippen LogP contribution in [0.2, 0.25) is 0 Å². The van der Waals surface area contributed by atoms with Crippen LogP contribution in [0.15, 0.2) is 42.5 Å². The van der Waals surface area contributed by atoms with Crippen molar-refractivity contribution in [3.63, 3.8) is 0 Å². The van der Waals surface area contributed by atoms with Gasteiger partial charge in [-0.3, -0.25) is 4.79 Å². The highest BCUT2D eigenvalue weighted by Crippen LogP contribution is 2.30. The Kier molecular flexibility index (Phi) is 7.61. The number of methoxy groups -OCH3 is 2. The monoisotopic (exact) mass is 396 g/mol. The third kappa shape index (κ3) is 5.26. The van der Waals surface area contributed by atoms with E-state index < -0.39 is 5.97 Å². The molecule has 0 aliphatic heterocycles. The molecule has 7 nitrogen and oxygen atoms in total. The summed E-state index contributed by atoms with van der Waals surface area (Å²) in [7, 11) is 2.74. The molecule has 0 fully saturated rings. The van der Waals surface area contributed by atoms with E-state index in [9.17, 15) is 9.59 Å². The molecule has 0 aliphatic rings. The molecule has 0 saturated carbocycles. The summed E-state index contributed by atoms with van der Waals surface area (Å²) in [5.41, 5.74) is 1.95. The van der Waals surface area contributed by atoms with E-state index in [2.05, 4.69) is 10.8 Å². The summed E-state index contributed by atoms with van der Waals surface area (Å²) in [5, 5.41) is 8.95. The number of hydrogen-bond donors (Lipinski definition) is 0. The maximum Gasteiger partial charge on any atom is 0.343 e. The van der Waals surface area contributed by atoms with Gasteiger partial charge in [-0.05, 0) is 49.7 Å². The Morgan fingerprint density at radius 2 is 1.79 bits per heavy atom. The van der Waals surface area contributed by atoms with Crippen molar-refractivity contribution >= 4 is 11.9 Å². The minimum Gasteiger partial charge on any atom is -0.493 e. The van der Waals surface area contributed by atoms with Gasteiger partial charge in [0.2, 0.25) is 0 Å². The number of amides is 1. The third-order valence-corrected chi connectivity index (χ3v) is 4.58. The smallest absolute Gasteiger partial charge is 0.343 e. The molecule has 0 aliphatic carbocycles. The average Bonchev–Trinajstić information content (AvgIpc) is 2.77. The molecule has 0 radical (unpaired) electrons. The molecular weight excluding hydrogens is 372 g/mol. The fourth-order valence-corrected chi connectivity index (χ4v) is 2.89. The lowest BCUT2D eigenvalue weighted by Crippen LogP contribution is -2.33. The van der Waals surface area contributed by atoms with Gasteiger partial charge in [-0.1, -0.05) is 12.1 Å². The predicted molar refractivity (Wildman–Crippen MR) is 107 cm³/mol. The Bertz CT molecular complexity index is 902. The number of benzene rings is 2. The zero-order valence-electron chi connectivity index (χ0n) is 17.0. The van der Waals surface area contributed by atoms with E-state index in [4.69, 9.17) is 14.7 Å². The Hall–Kier alpha value is -3.53. The molecule has 2 rings (SSSR count). The number of carbonyl (C=O) groups is 2. The van der Waals surface area contributed by atoms with Gasteiger partial charge in [0.1, 0.15) is 0 Å². The predicted octanol–water partition coefficient (Wildman–Crippen LogP) is 3.34. The largest absolute Gasteiger partial charge is 0.493 e. The van der Waals surface area contributed by atoms with Crippen LogP contribution in [0.5, 0.6) is 11.5 Å². The van der Waals surface area contributed by atoms with E-state index in [1.807, 2.05) is 26.0 Å². The number of nitrogens with zero attached hydrogens (tertiary/aromatic N) is 2. The average molecular weight is 396 g/mol. The molecule has 0 saturated heterocycles. The van der Waals surface area contributed by atoms with Crippen LogP contribution in [-0.4, -0.2) is 44.1 Å². The van der Waals surface area contributed by atoms with E-state index in [1.54, 1.807) is 35.2 Å². The van der Waals surface area contributed by atoms with Crippen LogP contribution in [-0.2, 0) is 9.53 Å². The molecule has 29 heavy (non-hydrogen) atoms. The van der Waals surface area contributed by atoms with Gasteiger partial charge in [0.15, 0.2) is 18.1 Å². The minimum atomic E-state index is -0.513. The first-order valence-electron chi connectivity index (χ1n) is 9.13. The van der Waals surface area contributed by atoms with Gasteiger partial charge in [-0.2, -0.15) is 5.26 Å². The molecule has 0 N–H and O–H groups in total. The zero-order valence-corrected chi connectivity index (χ0v) is 17.0. The van der Waals surface area contributed by atoms with E-state index in [1.165, 1.54) is 14.2 Å². The zero-order chi connectivity index (χ0) is 21.4. The molecule has 1 amide bonds. The van der Waals surface area contributed by atoms with Gasteiger partial charge < -0.3 is 19.1 Å². The van der Waals surface area contributed by atoms with E-state index >= 15 is 0 Å². The van der Waals surface area contributed by atoms with Crippen molar-refractivity contribution < 1.29 is 23.8 Å². The van der Waals surface area contributed by atoms with Crippen LogP contribution < -0.4 is 9.47 Å². The standard InChI is InChI=1S/C22H24N2O5/c1-5-24(15(2)17-8-6-16(13-23)7-9-17)22(26)18-10-11-19(20(12-18)27-3)29-14-21(25)28-4/h6-12,15H,5,14H2,1-4H3. The topological polar surface area (TPSA) is 88.9 Å². The molecule has 2 aromatic rings. The number of rotatable bonds is 8. The van der Waals surface area contributed by atoms with Crippen LogP contribution in [0.3, 0.4) is 0 Å². The first-order chi connectivity index (χ1) is 13.9. The van der Waals surface area contributed by atoms with Crippen LogP contribution >= 0.6 is 0 Å². The maximum absolute atomic E-state index is 13.1. The number of hydrogen-bond acceptors (Lipinski definition) is 6. The highest BCUT2D eigenvalue weighted by Gasteiger charge is 2.22. The number of esters is 1. The molecule has 0 bridgehead atoms. The molecule has 0 spiro atoms. The quantitative estimate of drug-likeness (QED) is 0.636. The highest BCUT2D eigenvalue weighted by molar-refractivity contribution is 5.95. The van der Waals surface area contributed by atoms with Crippen LogP contribution in [0, 0.1) is 11.3 Å². The maximum atomic E-state index is 13.1. The lowest BCUT2D eigenvalue weighted by molar-refractivity contribution is -0.142. The summed E-state index contributed by atoms with van der Waals surface area (Å²) < 4.78 is 15.3. The highest BCUT2D eigenvalue weighted by atomic mass is 16.6. The van der Waals surface area contributed by atoms with Crippen molar-refractivity contribution in [1.29, 1.82) is 5.26 Å². The molecule has 1 unspecified atom stereocenters. The normalized spacial score (nSPS) is 11.1. The van der Waals surface area contributed by atoms with Gasteiger partial charge >= 0.3 is 5.97 Å². The van der Waals surface area contributed by atoms with Crippen LogP contribution in [0.25, 0.3) is 0 Å². The van der Waals surface area contributed by atoms with Gasteiger partial charge in [0.25, 0.3) is 5.91 Å². The van der Waals surface area contributed by atoms with E-state index in [-0.39, 0.29) is 18.6 Å². The second kappa shape index (κ2) is 10.1. The fraction of sp³-hybridized carbons (Fsp3) is 0.318. The van der Waals surface area contributed by atoms with Crippen LogP contribution in [0.1, 0.15) is 41.4 Å². The van der Waals surface area contributed by atoms with Crippen molar-refractivity contribution in [1.82, 2.24) is 4.90 Å². The summed E-state index contributed by atoms with van der Waals surface area (Å²) in [6.07, 6.45) is 0. The fourth-order valence-electron chi connectivity index (χ4n) is 2.89. The molecule has 0 aromatic heterocycles. The molecule has 152 valence electrons. The number of carbonyl (C=O) groups excluding carboxylic acids is 2. The van der Waals surface area contributed by atoms with Crippen LogP contribution in [0.4, 0.5) is 0 Å². The van der Waals surface area contributed by atoms with Crippen molar-refractivity contribution in [2.75, 3.05) is 27.4 Å². The van der Waals surface area contributed by atoms with Crippen molar-refractivity contribution in [2.24, 2.45) is 0 Å². The lowest BCUT2D eigenvalue weighted by Gasteiger charge is -2.29. The number of ether oxygens (including phenoxy) is 3. The Balaban J connectivity index is 2.23. The lowest BCUT2D eigenvalue weighted by atomic mass is 10.0. The summed E-state index contributed by atoms with van der Waals surface area (Å²) >= 11 is 0. The molecular formula is C22H24N2O5. The Morgan fingerprint density at radius 3 is 2.34 bits per heavy atom. The summed E-state index contributed by atoms with van der Waals surface area (Å²) in [4.78, 5) is 26.1. The van der Waals surface area contributed by atoms with Crippen molar-refractivity contribution in [3.05, 3.63) is 59.2 Å². The van der Waals surface area contributed by atoms with Crippen molar-refractivity contribution in [3.8, 4) is 17.6 Å². The van der Waals surface area contributed by atoms with E-state index in [0.717, 1.165) is 5.56 Å². The molecule has 2 aromatic carbocycles. The molecule has 1 atom stereocenters. The van der Waals surface area contributed by atoms with Crippen molar-refractivity contribution in [2.45, 2.75) is 19.9 Å². The first-order valence-corrected chi connectivity index (χ1v) is 9.13. The van der Waals surface area contributed by atoms with Gasteiger partial charge in [-0.15, -0.1) is 0 Å². The van der Waals surface area contributed by atoms with Gasteiger partial charge in [0.05, 0.1) is 31.9 Å². The SMILES string of the molecule is CCN(C(=O)c1ccc(OCC(=O)OC)c(OC)c1)C(C)c1ccc(C#N)cc1. The van der Waals surface area contributed by atoms with E-state index in [0.29, 0.717) is 29.2 Å². The Labute approximate surface area is 170 Å².